The number of halogens is 2. The number of fused-ring (bicyclic) bond motifs is 1. The molecule has 0 unspecified atom stereocenters. The second-order valence-corrected chi connectivity index (χ2v) is 9.38. The summed E-state index contributed by atoms with van der Waals surface area (Å²) in [6.45, 7) is 7.91. The second kappa shape index (κ2) is 8.92. The molecule has 1 aliphatic heterocycles. The van der Waals surface area contributed by atoms with Crippen LogP contribution in [0.15, 0.2) is 42.7 Å². The molecule has 0 spiro atoms. The summed E-state index contributed by atoms with van der Waals surface area (Å²) in [4.78, 5) is 19.1. The lowest BCUT2D eigenvalue weighted by Gasteiger charge is -2.27. The van der Waals surface area contributed by atoms with Gasteiger partial charge in [-0.3, -0.25) is 14.4 Å². The number of hydrogen-bond donors (Lipinski definition) is 0. The van der Waals surface area contributed by atoms with E-state index < -0.39 is 0 Å². The topological polar surface area (TPSA) is 73.8 Å². The number of aryl methyl sites for hydroxylation is 2. The average Bonchev–Trinajstić information content (AvgIpc) is 3.52. The van der Waals surface area contributed by atoms with Crippen LogP contribution in [-0.2, 0) is 24.4 Å². The molecular formula is C24H25Cl2N7O. The highest BCUT2D eigenvalue weighted by atomic mass is 35.5. The lowest BCUT2D eigenvalue weighted by atomic mass is 10.1. The van der Waals surface area contributed by atoms with Crippen LogP contribution in [0.4, 0.5) is 5.82 Å². The molecule has 0 N–H and O–H groups in total. The Balaban J connectivity index is 1.44. The Morgan fingerprint density at radius 2 is 1.91 bits per heavy atom. The van der Waals surface area contributed by atoms with E-state index in [1.165, 1.54) is 0 Å². The molecule has 1 amide bonds. The number of aromatic nitrogens is 6. The van der Waals surface area contributed by atoms with Crippen LogP contribution in [0.1, 0.15) is 38.8 Å². The summed E-state index contributed by atoms with van der Waals surface area (Å²) in [7, 11) is 0. The van der Waals surface area contributed by atoms with E-state index >= 15 is 0 Å². The van der Waals surface area contributed by atoms with Gasteiger partial charge in [0, 0.05) is 36.8 Å². The van der Waals surface area contributed by atoms with Gasteiger partial charge in [-0.1, -0.05) is 47.5 Å². The number of carbonyl (C=O) groups excluding carboxylic acids is 1. The van der Waals surface area contributed by atoms with Gasteiger partial charge >= 0.3 is 0 Å². The second-order valence-electron chi connectivity index (χ2n) is 8.59. The third kappa shape index (κ3) is 4.01. The first-order valence-electron chi connectivity index (χ1n) is 11.3. The molecule has 5 rings (SSSR count). The Hall–Kier alpha value is -3.10. The van der Waals surface area contributed by atoms with Crippen LogP contribution in [-0.4, -0.2) is 35.0 Å². The van der Waals surface area contributed by atoms with Crippen molar-refractivity contribution < 1.29 is 4.79 Å². The minimum absolute atomic E-state index is 0.0693. The molecule has 4 aromatic rings. The first kappa shape index (κ1) is 22.7. The summed E-state index contributed by atoms with van der Waals surface area (Å²) in [5.74, 6) is 1.66. The normalized spacial score (nSPS) is 13.7. The van der Waals surface area contributed by atoms with E-state index in [2.05, 4.69) is 17.0 Å². The minimum Gasteiger partial charge on any atom is -0.330 e. The molecule has 4 heterocycles. The maximum Gasteiger partial charge on any atom is 0.230 e. The van der Waals surface area contributed by atoms with Gasteiger partial charge in [0.25, 0.3) is 0 Å². The van der Waals surface area contributed by atoms with Crippen molar-refractivity contribution in [1.29, 1.82) is 0 Å². The number of nitrogens with zero attached hydrogens (tertiary/aromatic N) is 7. The van der Waals surface area contributed by atoms with Crippen molar-refractivity contribution in [2.24, 2.45) is 0 Å². The Morgan fingerprint density at radius 1 is 1.15 bits per heavy atom. The largest absolute Gasteiger partial charge is 0.330 e. The molecular weight excluding hydrogens is 473 g/mol. The monoisotopic (exact) mass is 497 g/mol. The molecule has 3 aromatic heterocycles. The highest BCUT2D eigenvalue weighted by Crippen LogP contribution is 2.34. The van der Waals surface area contributed by atoms with E-state index in [1.807, 2.05) is 64.3 Å². The zero-order chi connectivity index (χ0) is 24.0. The lowest BCUT2D eigenvalue weighted by Crippen LogP contribution is -2.36. The lowest BCUT2D eigenvalue weighted by molar-refractivity contribution is -0.119. The number of imidazole rings is 1. The van der Waals surface area contributed by atoms with Crippen LogP contribution < -0.4 is 4.90 Å². The van der Waals surface area contributed by atoms with Gasteiger partial charge in [0.15, 0.2) is 0 Å². The fourth-order valence-electron chi connectivity index (χ4n) is 4.31. The molecule has 8 nitrogen and oxygen atoms in total. The van der Waals surface area contributed by atoms with Gasteiger partial charge in [0.2, 0.25) is 5.91 Å². The van der Waals surface area contributed by atoms with Gasteiger partial charge in [0.05, 0.1) is 24.3 Å². The predicted octanol–water partition coefficient (Wildman–Crippen LogP) is 5.45. The van der Waals surface area contributed by atoms with Crippen molar-refractivity contribution in [3.63, 3.8) is 0 Å². The van der Waals surface area contributed by atoms with E-state index in [9.17, 15) is 4.79 Å². The van der Waals surface area contributed by atoms with Crippen LogP contribution in [0.25, 0.3) is 22.8 Å². The van der Waals surface area contributed by atoms with Crippen LogP contribution in [0.3, 0.4) is 0 Å². The molecule has 34 heavy (non-hydrogen) atoms. The number of hydrogen-bond acceptors (Lipinski definition) is 4. The molecule has 0 radical (unpaired) electrons. The molecule has 0 fully saturated rings. The summed E-state index contributed by atoms with van der Waals surface area (Å²) < 4.78 is 5.74. The zero-order valence-corrected chi connectivity index (χ0v) is 20.8. The molecule has 0 saturated carbocycles. The van der Waals surface area contributed by atoms with Crippen molar-refractivity contribution in [1.82, 2.24) is 29.1 Å². The highest BCUT2D eigenvalue weighted by molar-refractivity contribution is 6.33. The molecule has 10 heteroatoms. The smallest absolute Gasteiger partial charge is 0.230 e. The van der Waals surface area contributed by atoms with E-state index in [-0.39, 0.29) is 11.9 Å². The van der Waals surface area contributed by atoms with Gasteiger partial charge < -0.3 is 4.57 Å². The Kier molecular flexibility index (Phi) is 5.95. The van der Waals surface area contributed by atoms with E-state index in [0.717, 1.165) is 35.0 Å². The Labute approximate surface area is 207 Å². The maximum atomic E-state index is 12.9. The summed E-state index contributed by atoms with van der Waals surface area (Å²) in [6.07, 6.45) is 3.86. The van der Waals surface area contributed by atoms with Crippen molar-refractivity contribution >= 4 is 34.9 Å². The summed E-state index contributed by atoms with van der Waals surface area (Å²) in [5.41, 5.74) is 3.47. The molecule has 1 aromatic carbocycles. The van der Waals surface area contributed by atoms with Crippen LogP contribution in [0.5, 0.6) is 0 Å². The van der Waals surface area contributed by atoms with Crippen molar-refractivity contribution in [3.8, 4) is 22.8 Å². The molecule has 0 atom stereocenters. The van der Waals surface area contributed by atoms with Crippen LogP contribution >= 0.6 is 23.2 Å². The fourth-order valence-corrected chi connectivity index (χ4v) is 4.73. The SMILES string of the molecule is CCn1cc(Cl)nc1-c1ccc(CN2C(=O)CCn3nc(-c4c(Cl)cnn4C(C)C)cc32)cc1. The fraction of sp³-hybridized carbons (Fsp3) is 0.333. The average molecular weight is 498 g/mol. The first-order chi connectivity index (χ1) is 16.4. The van der Waals surface area contributed by atoms with Gasteiger partial charge in [0.1, 0.15) is 28.2 Å². The number of carbonyl (C=O) groups is 1. The molecule has 176 valence electrons. The Morgan fingerprint density at radius 3 is 2.62 bits per heavy atom. The van der Waals surface area contributed by atoms with Crippen LogP contribution in [0.2, 0.25) is 10.2 Å². The summed E-state index contributed by atoms with van der Waals surface area (Å²) in [5, 5.41) is 10.2. The van der Waals surface area contributed by atoms with Crippen molar-refractivity contribution in [2.45, 2.75) is 52.9 Å². The Bertz CT molecular complexity index is 1350. The number of benzene rings is 1. The standard InChI is InChI=1S/C24H25Cl2N7O/c1-4-30-14-20(26)28-24(30)17-7-5-16(6-8-17)13-31-21-11-19(29-32(21)10-9-22(31)34)23-18(25)12-27-33(23)15(2)3/h5-8,11-12,14-15H,4,9-10,13H2,1-3H3. The first-order valence-corrected chi connectivity index (χ1v) is 12.0. The number of anilines is 1. The summed E-state index contributed by atoms with van der Waals surface area (Å²) >= 11 is 12.5. The third-order valence-electron chi connectivity index (χ3n) is 6.00. The number of rotatable bonds is 6. The summed E-state index contributed by atoms with van der Waals surface area (Å²) in [6, 6.07) is 10.1. The van der Waals surface area contributed by atoms with Crippen LogP contribution in [0, 0.1) is 0 Å². The highest BCUT2D eigenvalue weighted by Gasteiger charge is 2.28. The van der Waals surface area contributed by atoms with Crippen molar-refractivity contribution in [2.75, 3.05) is 4.90 Å². The van der Waals surface area contributed by atoms with Gasteiger partial charge in [-0.25, -0.2) is 9.67 Å². The zero-order valence-electron chi connectivity index (χ0n) is 19.2. The van der Waals surface area contributed by atoms with E-state index in [1.54, 1.807) is 11.1 Å². The quantitative estimate of drug-likeness (QED) is 0.354. The predicted molar refractivity (Wildman–Crippen MR) is 133 cm³/mol. The third-order valence-corrected chi connectivity index (χ3v) is 6.46. The molecule has 0 bridgehead atoms. The maximum absolute atomic E-state index is 12.9. The van der Waals surface area contributed by atoms with Crippen molar-refractivity contribution in [3.05, 3.63) is 58.5 Å². The van der Waals surface area contributed by atoms with Gasteiger partial charge in [-0.05, 0) is 26.3 Å². The number of amides is 1. The van der Waals surface area contributed by atoms with E-state index in [4.69, 9.17) is 28.3 Å². The van der Waals surface area contributed by atoms with Gasteiger partial charge in [-0.2, -0.15) is 10.2 Å². The molecule has 1 aliphatic rings. The minimum atomic E-state index is 0.0693. The van der Waals surface area contributed by atoms with E-state index in [0.29, 0.717) is 35.4 Å². The van der Waals surface area contributed by atoms with Gasteiger partial charge in [-0.15, -0.1) is 0 Å². The molecule has 0 saturated heterocycles. The molecule has 0 aliphatic carbocycles.